The van der Waals surface area contributed by atoms with Crippen LogP contribution in [0.4, 0.5) is 4.39 Å². The Bertz CT molecular complexity index is 793. The molecule has 27 heavy (non-hydrogen) atoms. The largest absolute Gasteiger partial charge is 0.452 e. The highest BCUT2D eigenvalue weighted by atomic mass is 32.1. The quantitative estimate of drug-likeness (QED) is 0.590. The second-order valence-corrected chi connectivity index (χ2v) is 7.51. The monoisotopic (exact) mass is 387 g/mol. The Kier molecular flexibility index (Phi) is 6.76. The molecule has 1 heterocycles. The Balaban J connectivity index is 1.64. The van der Waals surface area contributed by atoms with Gasteiger partial charge < -0.3 is 10.1 Å². The van der Waals surface area contributed by atoms with Crippen molar-refractivity contribution >= 4 is 34.9 Å². The fourth-order valence-electron chi connectivity index (χ4n) is 3.11. The van der Waals surface area contributed by atoms with E-state index in [1.807, 2.05) is 17.5 Å². The van der Waals surface area contributed by atoms with Crippen LogP contribution in [-0.2, 0) is 14.3 Å². The smallest absolute Gasteiger partial charge is 0.340 e. The van der Waals surface area contributed by atoms with Crippen molar-refractivity contribution in [2.75, 3.05) is 6.61 Å². The maximum atomic E-state index is 13.1. The van der Waals surface area contributed by atoms with Crippen molar-refractivity contribution < 1.29 is 18.7 Å². The van der Waals surface area contributed by atoms with Crippen LogP contribution in [0.1, 0.15) is 42.5 Å². The van der Waals surface area contributed by atoms with E-state index in [1.165, 1.54) is 29.9 Å². The van der Waals surface area contributed by atoms with Crippen molar-refractivity contribution in [2.45, 2.75) is 38.1 Å². The fraction of sp³-hybridized carbons (Fsp3) is 0.333. The molecule has 0 aliphatic heterocycles. The molecule has 0 atom stereocenters. The molecule has 1 N–H and O–H groups in total. The first-order valence-electron chi connectivity index (χ1n) is 9.09. The number of amides is 1. The molecular formula is C21H22FNO3S. The predicted octanol–water partition coefficient (Wildman–Crippen LogP) is 4.42. The summed E-state index contributed by atoms with van der Waals surface area (Å²) in [5.41, 5.74) is 1.03. The third-order valence-electron chi connectivity index (χ3n) is 4.49. The Hall–Kier alpha value is -2.47. The minimum absolute atomic E-state index is 0.177. The third-order valence-corrected chi connectivity index (χ3v) is 5.40. The summed E-state index contributed by atoms with van der Waals surface area (Å²) in [5, 5.41) is 4.79. The molecule has 1 aliphatic carbocycles. The van der Waals surface area contributed by atoms with Crippen LogP contribution in [0.5, 0.6) is 0 Å². The highest BCUT2D eigenvalue weighted by Crippen LogP contribution is 2.24. The van der Waals surface area contributed by atoms with Crippen molar-refractivity contribution in [3.63, 3.8) is 0 Å². The summed E-state index contributed by atoms with van der Waals surface area (Å²) in [7, 11) is 0. The molecule has 0 bridgehead atoms. The van der Waals surface area contributed by atoms with Gasteiger partial charge in [0.15, 0.2) is 6.61 Å². The zero-order valence-corrected chi connectivity index (χ0v) is 15.8. The Morgan fingerprint density at radius 1 is 1.15 bits per heavy atom. The number of hydrogen-bond acceptors (Lipinski definition) is 4. The van der Waals surface area contributed by atoms with Gasteiger partial charge in [-0.05, 0) is 48.1 Å². The van der Waals surface area contributed by atoms with E-state index in [0.29, 0.717) is 11.1 Å². The number of benzene rings is 1. The SMILES string of the molecule is O=C(COC(=O)/C(=C/c1ccc(F)cc1)c1cccs1)NC1CCCCC1. The summed E-state index contributed by atoms with van der Waals surface area (Å²) in [5.74, 6) is -1.19. The molecule has 1 aromatic heterocycles. The summed E-state index contributed by atoms with van der Waals surface area (Å²) in [6.45, 7) is -0.304. The van der Waals surface area contributed by atoms with Gasteiger partial charge in [-0.25, -0.2) is 9.18 Å². The molecule has 0 unspecified atom stereocenters. The molecule has 6 heteroatoms. The van der Waals surface area contributed by atoms with Gasteiger partial charge in [0, 0.05) is 10.9 Å². The standard InChI is InChI=1S/C21H22FNO3S/c22-16-10-8-15(9-11-16)13-18(19-7-4-12-27-19)21(25)26-14-20(24)23-17-5-2-1-3-6-17/h4,7-13,17H,1-3,5-6,14H2,(H,23,24)/b18-13+. The number of hydrogen-bond donors (Lipinski definition) is 1. The van der Waals surface area contributed by atoms with Crippen molar-refractivity contribution in [3.8, 4) is 0 Å². The molecule has 142 valence electrons. The van der Waals surface area contributed by atoms with Gasteiger partial charge in [-0.2, -0.15) is 0 Å². The van der Waals surface area contributed by atoms with Gasteiger partial charge in [0.25, 0.3) is 5.91 Å². The second-order valence-electron chi connectivity index (χ2n) is 6.57. The molecule has 1 aliphatic rings. The average Bonchev–Trinajstić information content (AvgIpc) is 3.21. The second kappa shape index (κ2) is 9.46. The van der Waals surface area contributed by atoms with Gasteiger partial charge in [0.1, 0.15) is 5.82 Å². The number of carbonyl (C=O) groups is 2. The van der Waals surface area contributed by atoms with Crippen LogP contribution in [0, 0.1) is 5.82 Å². The number of nitrogens with one attached hydrogen (secondary N) is 1. The van der Waals surface area contributed by atoms with Crippen LogP contribution in [0.25, 0.3) is 11.6 Å². The minimum Gasteiger partial charge on any atom is -0.452 e. The lowest BCUT2D eigenvalue weighted by molar-refractivity contribution is -0.143. The van der Waals surface area contributed by atoms with Crippen LogP contribution in [0.15, 0.2) is 41.8 Å². The van der Waals surface area contributed by atoms with E-state index in [4.69, 9.17) is 4.74 Å². The first kappa shape index (κ1) is 19.3. The summed E-state index contributed by atoms with van der Waals surface area (Å²) in [6, 6.07) is 9.67. The Labute approximate surface area is 162 Å². The van der Waals surface area contributed by atoms with Gasteiger partial charge in [0.05, 0.1) is 5.57 Å². The number of thiophene rings is 1. The number of rotatable bonds is 6. The molecule has 3 rings (SSSR count). The van der Waals surface area contributed by atoms with Crippen LogP contribution in [0.3, 0.4) is 0 Å². The number of esters is 1. The topological polar surface area (TPSA) is 55.4 Å². The number of halogens is 1. The van der Waals surface area contributed by atoms with Gasteiger partial charge in [-0.3, -0.25) is 4.79 Å². The molecule has 1 saturated carbocycles. The number of carbonyl (C=O) groups excluding carboxylic acids is 2. The molecule has 4 nitrogen and oxygen atoms in total. The van der Waals surface area contributed by atoms with Crippen LogP contribution >= 0.6 is 11.3 Å². The van der Waals surface area contributed by atoms with E-state index in [1.54, 1.807) is 18.2 Å². The minimum atomic E-state index is -0.569. The zero-order valence-electron chi connectivity index (χ0n) is 14.9. The van der Waals surface area contributed by atoms with Gasteiger partial charge in [0.2, 0.25) is 0 Å². The highest BCUT2D eigenvalue weighted by Gasteiger charge is 2.19. The summed E-state index contributed by atoms with van der Waals surface area (Å²) >= 11 is 1.40. The maximum absolute atomic E-state index is 13.1. The molecular weight excluding hydrogens is 365 g/mol. The van der Waals surface area contributed by atoms with Gasteiger partial charge in [-0.1, -0.05) is 37.5 Å². The molecule has 0 saturated heterocycles. The van der Waals surface area contributed by atoms with Crippen LogP contribution in [-0.4, -0.2) is 24.5 Å². The van der Waals surface area contributed by atoms with E-state index in [9.17, 15) is 14.0 Å². The van der Waals surface area contributed by atoms with E-state index >= 15 is 0 Å². The van der Waals surface area contributed by atoms with Crippen LogP contribution < -0.4 is 5.32 Å². The average molecular weight is 387 g/mol. The lowest BCUT2D eigenvalue weighted by Crippen LogP contribution is -2.38. The Morgan fingerprint density at radius 3 is 2.56 bits per heavy atom. The lowest BCUT2D eigenvalue weighted by Gasteiger charge is -2.22. The van der Waals surface area contributed by atoms with Crippen molar-refractivity contribution in [2.24, 2.45) is 0 Å². The molecule has 1 aromatic carbocycles. The van der Waals surface area contributed by atoms with Crippen molar-refractivity contribution in [1.29, 1.82) is 0 Å². The van der Waals surface area contributed by atoms with Gasteiger partial charge in [-0.15, -0.1) is 11.3 Å². The third kappa shape index (κ3) is 5.76. The van der Waals surface area contributed by atoms with Gasteiger partial charge >= 0.3 is 5.97 Å². The molecule has 2 aromatic rings. The summed E-state index contributed by atoms with van der Waals surface area (Å²) < 4.78 is 18.3. The first-order valence-corrected chi connectivity index (χ1v) is 9.97. The van der Waals surface area contributed by atoms with E-state index in [-0.39, 0.29) is 24.4 Å². The van der Waals surface area contributed by atoms with E-state index in [0.717, 1.165) is 30.6 Å². The molecule has 1 fully saturated rings. The normalized spacial score (nSPS) is 15.4. The molecule has 0 spiro atoms. The Morgan fingerprint density at radius 2 is 1.89 bits per heavy atom. The number of ether oxygens (including phenoxy) is 1. The highest BCUT2D eigenvalue weighted by molar-refractivity contribution is 7.11. The van der Waals surface area contributed by atoms with E-state index in [2.05, 4.69) is 5.32 Å². The molecule has 0 radical (unpaired) electrons. The zero-order chi connectivity index (χ0) is 19.1. The predicted molar refractivity (Wildman–Crippen MR) is 105 cm³/mol. The van der Waals surface area contributed by atoms with E-state index < -0.39 is 5.97 Å². The van der Waals surface area contributed by atoms with Crippen LogP contribution in [0.2, 0.25) is 0 Å². The fourth-order valence-corrected chi connectivity index (χ4v) is 3.84. The summed E-state index contributed by atoms with van der Waals surface area (Å²) in [6.07, 6.45) is 7.04. The molecule has 1 amide bonds. The summed E-state index contributed by atoms with van der Waals surface area (Å²) in [4.78, 5) is 25.4. The first-order chi connectivity index (χ1) is 13.1. The van der Waals surface area contributed by atoms with Crippen molar-refractivity contribution in [3.05, 3.63) is 58.0 Å². The van der Waals surface area contributed by atoms with Crippen molar-refractivity contribution in [1.82, 2.24) is 5.32 Å². The maximum Gasteiger partial charge on any atom is 0.340 e. The lowest BCUT2D eigenvalue weighted by atomic mass is 9.95.